The Hall–Kier alpha value is -0.840. The van der Waals surface area contributed by atoms with Gasteiger partial charge < -0.3 is 9.64 Å². The lowest BCUT2D eigenvalue weighted by atomic mass is 10.1. The molecule has 18 heavy (non-hydrogen) atoms. The molecular formula is C13H18ClN3O. The normalized spacial score (nSPS) is 26.1. The molecule has 0 radical (unpaired) electrons. The second-order valence-electron chi connectivity index (χ2n) is 5.06. The maximum Gasteiger partial charge on any atom is 0.128 e. The van der Waals surface area contributed by atoms with E-state index in [0.29, 0.717) is 17.1 Å². The minimum Gasteiger partial charge on any atom is -0.378 e. The van der Waals surface area contributed by atoms with E-state index in [-0.39, 0.29) is 0 Å². The summed E-state index contributed by atoms with van der Waals surface area (Å²) >= 11 is 5.87. The largest absolute Gasteiger partial charge is 0.378 e. The van der Waals surface area contributed by atoms with Crippen LogP contribution in [0.3, 0.4) is 0 Å². The van der Waals surface area contributed by atoms with Crippen LogP contribution in [0, 0.1) is 0 Å². The van der Waals surface area contributed by atoms with Crippen molar-refractivity contribution in [3.05, 3.63) is 23.4 Å². The molecule has 0 unspecified atom stereocenters. The highest BCUT2D eigenvalue weighted by Crippen LogP contribution is 2.22. The maximum atomic E-state index is 5.87. The summed E-state index contributed by atoms with van der Waals surface area (Å²) in [4.78, 5) is 9.29. The predicted octanol–water partition coefficient (Wildman–Crippen LogP) is 1.64. The minimum atomic E-state index is 0.480. The number of ether oxygens (including phenoxy) is 1. The van der Waals surface area contributed by atoms with Crippen molar-refractivity contribution in [2.75, 3.05) is 37.7 Å². The summed E-state index contributed by atoms with van der Waals surface area (Å²) in [6, 6.07) is 5.02. The minimum absolute atomic E-state index is 0.480. The lowest BCUT2D eigenvalue weighted by Crippen LogP contribution is -2.59. The Bertz CT molecular complexity index is 407. The molecule has 2 saturated heterocycles. The van der Waals surface area contributed by atoms with E-state index >= 15 is 0 Å². The molecule has 0 aromatic carbocycles. The third-order valence-corrected chi connectivity index (χ3v) is 4.03. The third kappa shape index (κ3) is 2.32. The van der Waals surface area contributed by atoms with Gasteiger partial charge in [0.2, 0.25) is 0 Å². The number of hydrogen-bond donors (Lipinski definition) is 0. The number of anilines is 1. The van der Waals surface area contributed by atoms with Crippen LogP contribution >= 0.6 is 11.6 Å². The van der Waals surface area contributed by atoms with Crippen molar-refractivity contribution >= 4 is 17.4 Å². The second kappa shape index (κ2) is 5.03. The summed E-state index contributed by atoms with van der Waals surface area (Å²) in [7, 11) is 0. The highest BCUT2D eigenvalue weighted by molar-refractivity contribution is 6.30. The summed E-state index contributed by atoms with van der Waals surface area (Å²) in [6.07, 6.45) is 1.72. The topological polar surface area (TPSA) is 28.6 Å². The first-order valence-electron chi connectivity index (χ1n) is 6.44. The van der Waals surface area contributed by atoms with E-state index in [1.807, 2.05) is 12.1 Å². The van der Waals surface area contributed by atoms with Crippen LogP contribution in [0.4, 0.5) is 5.82 Å². The summed E-state index contributed by atoms with van der Waals surface area (Å²) in [5.41, 5.74) is 0. The van der Waals surface area contributed by atoms with Gasteiger partial charge >= 0.3 is 0 Å². The smallest absolute Gasteiger partial charge is 0.128 e. The molecule has 3 heterocycles. The molecule has 4 nitrogen and oxygen atoms in total. The highest BCUT2D eigenvalue weighted by Gasteiger charge is 2.32. The Labute approximate surface area is 112 Å². The van der Waals surface area contributed by atoms with Crippen LogP contribution < -0.4 is 4.90 Å². The standard InChI is InChI=1S/C13H18ClN3O/c1-10-7-16(12-8-18-9-12)4-5-17(10)13-3-2-11(14)6-15-13/h2-3,6,10,12H,4-5,7-9H2,1H3/t10-/m0/s1. The van der Waals surface area contributed by atoms with Crippen LogP contribution in [-0.4, -0.2) is 54.8 Å². The van der Waals surface area contributed by atoms with Crippen molar-refractivity contribution < 1.29 is 4.74 Å². The molecule has 0 aliphatic carbocycles. The molecule has 0 bridgehead atoms. The van der Waals surface area contributed by atoms with Gasteiger partial charge in [0.15, 0.2) is 0 Å². The molecule has 2 aliphatic rings. The van der Waals surface area contributed by atoms with Crippen molar-refractivity contribution in [1.82, 2.24) is 9.88 Å². The van der Waals surface area contributed by atoms with Crippen molar-refractivity contribution in [2.45, 2.75) is 19.0 Å². The molecule has 1 aromatic rings. The molecule has 1 atom stereocenters. The monoisotopic (exact) mass is 267 g/mol. The molecule has 0 spiro atoms. The van der Waals surface area contributed by atoms with Crippen LogP contribution in [-0.2, 0) is 4.74 Å². The Morgan fingerprint density at radius 1 is 1.33 bits per heavy atom. The second-order valence-corrected chi connectivity index (χ2v) is 5.50. The number of halogens is 1. The molecular weight excluding hydrogens is 250 g/mol. The van der Waals surface area contributed by atoms with E-state index in [9.17, 15) is 0 Å². The van der Waals surface area contributed by atoms with Gasteiger partial charge in [-0.3, -0.25) is 4.90 Å². The Morgan fingerprint density at radius 3 is 2.72 bits per heavy atom. The molecule has 2 aliphatic heterocycles. The van der Waals surface area contributed by atoms with E-state index in [2.05, 4.69) is 21.7 Å². The highest BCUT2D eigenvalue weighted by atomic mass is 35.5. The number of rotatable bonds is 2. The average molecular weight is 268 g/mol. The number of piperazine rings is 1. The molecule has 2 fully saturated rings. The summed E-state index contributed by atoms with van der Waals surface area (Å²) in [6.45, 7) is 7.23. The fraction of sp³-hybridized carbons (Fsp3) is 0.615. The maximum absolute atomic E-state index is 5.87. The summed E-state index contributed by atoms with van der Waals surface area (Å²) in [5, 5.41) is 0.691. The van der Waals surface area contributed by atoms with Crippen molar-refractivity contribution in [3.8, 4) is 0 Å². The molecule has 5 heteroatoms. The first kappa shape index (κ1) is 12.2. The van der Waals surface area contributed by atoms with E-state index < -0.39 is 0 Å². The molecule has 0 amide bonds. The fourth-order valence-electron chi connectivity index (χ4n) is 2.63. The Balaban J connectivity index is 1.66. The molecule has 98 valence electrons. The Morgan fingerprint density at radius 2 is 2.17 bits per heavy atom. The molecule has 1 aromatic heterocycles. The third-order valence-electron chi connectivity index (χ3n) is 3.80. The zero-order valence-corrected chi connectivity index (χ0v) is 11.3. The lowest BCUT2D eigenvalue weighted by molar-refractivity contribution is -0.0692. The lowest BCUT2D eigenvalue weighted by Gasteiger charge is -2.46. The first-order chi connectivity index (χ1) is 8.74. The van der Waals surface area contributed by atoms with E-state index in [0.717, 1.165) is 38.7 Å². The van der Waals surface area contributed by atoms with Crippen molar-refractivity contribution in [3.63, 3.8) is 0 Å². The molecule has 3 rings (SSSR count). The predicted molar refractivity (Wildman–Crippen MR) is 72.2 cm³/mol. The number of hydrogen-bond acceptors (Lipinski definition) is 4. The van der Waals surface area contributed by atoms with Crippen LogP contribution in [0.5, 0.6) is 0 Å². The van der Waals surface area contributed by atoms with Gasteiger partial charge in [0.25, 0.3) is 0 Å². The average Bonchev–Trinajstić information content (AvgIpc) is 2.29. The SMILES string of the molecule is C[C@H]1CN(C2COC2)CCN1c1ccc(Cl)cn1. The van der Waals surface area contributed by atoms with Gasteiger partial charge in [-0.2, -0.15) is 0 Å². The first-order valence-corrected chi connectivity index (χ1v) is 6.82. The van der Waals surface area contributed by atoms with Crippen LogP contribution in [0.1, 0.15) is 6.92 Å². The summed E-state index contributed by atoms with van der Waals surface area (Å²) in [5.74, 6) is 1.02. The number of aromatic nitrogens is 1. The number of nitrogens with zero attached hydrogens (tertiary/aromatic N) is 3. The van der Waals surface area contributed by atoms with E-state index in [1.54, 1.807) is 6.20 Å². The van der Waals surface area contributed by atoms with Crippen molar-refractivity contribution in [2.24, 2.45) is 0 Å². The van der Waals surface area contributed by atoms with Gasteiger partial charge in [0.1, 0.15) is 5.82 Å². The molecule has 0 N–H and O–H groups in total. The van der Waals surface area contributed by atoms with Gasteiger partial charge in [-0.1, -0.05) is 11.6 Å². The number of pyridine rings is 1. The van der Waals surface area contributed by atoms with Crippen LogP contribution in [0.25, 0.3) is 0 Å². The van der Waals surface area contributed by atoms with Crippen molar-refractivity contribution in [1.29, 1.82) is 0 Å². The van der Waals surface area contributed by atoms with Gasteiger partial charge in [0.05, 0.1) is 24.3 Å². The molecule has 0 saturated carbocycles. The van der Waals surface area contributed by atoms with Gasteiger partial charge in [-0.25, -0.2) is 4.98 Å². The zero-order valence-electron chi connectivity index (χ0n) is 10.6. The van der Waals surface area contributed by atoms with E-state index in [1.165, 1.54) is 0 Å². The Kier molecular flexibility index (Phi) is 3.41. The van der Waals surface area contributed by atoms with Gasteiger partial charge in [-0.15, -0.1) is 0 Å². The van der Waals surface area contributed by atoms with Gasteiger partial charge in [-0.05, 0) is 19.1 Å². The quantitative estimate of drug-likeness (QED) is 0.815. The summed E-state index contributed by atoms with van der Waals surface area (Å²) < 4.78 is 5.27. The van der Waals surface area contributed by atoms with Crippen LogP contribution in [0.2, 0.25) is 5.02 Å². The van der Waals surface area contributed by atoms with Gasteiger partial charge in [0, 0.05) is 31.9 Å². The fourth-order valence-corrected chi connectivity index (χ4v) is 2.74. The zero-order chi connectivity index (χ0) is 12.5. The van der Waals surface area contributed by atoms with E-state index in [4.69, 9.17) is 16.3 Å². The van der Waals surface area contributed by atoms with Crippen LogP contribution in [0.15, 0.2) is 18.3 Å².